The highest BCUT2D eigenvalue weighted by Crippen LogP contribution is 2.31. The summed E-state index contributed by atoms with van der Waals surface area (Å²) in [6.45, 7) is 5.10. The fourth-order valence-electron chi connectivity index (χ4n) is 4.71. The predicted octanol–water partition coefficient (Wildman–Crippen LogP) is 4.83. The highest BCUT2D eigenvalue weighted by molar-refractivity contribution is 6.30. The van der Waals surface area contributed by atoms with Crippen molar-refractivity contribution in [1.29, 1.82) is 0 Å². The largest absolute Gasteiger partial charge is 0.444 e. The summed E-state index contributed by atoms with van der Waals surface area (Å²) in [5, 5.41) is 0.693. The zero-order chi connectivity index (χ0) is 19.1. The number of aromatic nitrogens is 3. The number of aryl methyl sites for hydroxylation is 2. The Morgan fingerprint density at radius 1 is 1.21 bits per heavy atom. The van der Waals surface area contributed by atoms with E-state index in [0.717, 1.165) is 37.3 Å². The number of fused-ring (bicyclic) bond motifs is 1. The van der Waals surface area contributed by atoms with Crippen molar-refractivity contribution in [2.75, 3.05) is 13.1 Å². The van der Waals surface area contributed by atoms with E-state index in [1.54, 1.807) is 6.26 Å². The minimum Gasteiger partial charge on any atom is -0.444 e. The normalized spacial score (nSPS) is 19.9. The lowest BCUT2D eigenvalue weighted by Crippen LogP contribution is -2.23. The topological polar surface area (TPSA) is 47.1 Å². The average Bonchev–Trinajstić information content (AvgIpc) is 3.40. The van der Waals surface area contributed by atoms with Gasteiger partial charge in [-0.3, -0.25) is 4.90 Å². The van der Waals surface area contributed by atoms with Crippen LogP contribution in [0, 0.1) is 6.92 Å². The number of oxazole rings is 1. The van der Waals surface area contributed by atoms with Crippen LogP contribution in [0.3, 0.4) is 0 Å². The number of hydrogen-bond donors (Lipinski definition) is 0. The monoisotopic (exact) mass is 396 g/mol. The quantitative estimate of drug-likeness (QED) is 0.634. The van der Waals surface area contributed by atoms with Gasteiger partial charge < -0.3 is 8.98 Å². The molecule has 1 aromatic carbocycles. The van der Waals surface area contributed by atoms with Gasteiger partial charge in [0.15, 0.2) is 0 Å². The summed E-state index contributed by atoms with van der Waals surface area (Å²) in [4.78, 5) is 12.0. The molecule has 0 spiro atoms. The summed E-state index contributed by atoms with van der Waals surface area (Å²) in [5.41, 5.74) is 4.71. The molecule has 1 aliphatic carbocycles. The fourth-order valence-corrected chi connectivity index (χ4v) is 4.90. The second-order valence-electron chi connectivity index (χ2n) is 7.96. The Morgan fingerprint density at radius 3 is 3.00 bits per heavy atom. The van der Waals surface area contributed by atoms with Gasteiger partial charge in [-0.25, -0.2) is 9.97 Å². The molecule has 0 radical (unpaired) electrons. The zero-order valence-corrected chi connectivity index (χ0v) is 17.0. The Hall–Kier alpha value is -2.11. The van der Waals surface area contributed by atoms with Crippen LogP contribution < -0.4 is 0 Å². The molecule has 3 aromatic rings. The van der Waals surface area contributed by atoms with Gasteiger partial charge in [0.25, 0.3) is 0 Å². The molecule has 146 valence electrons. The van der Waals surface area contributed by atoms with E-state index >= 15 is 0 Å². The molecule has 2 aliphatic rings. The van der Waals surface area contributed by atoms with Gasteiger partial charge in [-0.05, 0) is 57.2 Å². The maximum atomic E-state index is 6.08. The maximum Gasteiger partial charge on any atom is 0.226 e. The maximum absolute atomic E-state index is 6.08. The summed E-state index contributed by atoms with van der Waals surface area (Å²) in [5.74, 6) is 1.82. The van der Waals surface area contributed by atoms with Crippen LogP contribution in [-0.4, -0.2) is 32.5 Å². The van der Waals surface area contributed by atoms with Crippen molar-refractivity contribution in [2.24, 2.45) is 0 Å². The van der Waals surface area contributed by atoms with E-state index in [0.29, 0.717) is 17.0 Å². The van der Waals surface area contributed by atoms with E-state index < -0.39 is 0 Å². The number of nitrogens with zero attached hydrogens (tertiary/aromatic N) is 4. The molecule has 0 saturated carbocycles. The molecule has 5 rings (SSSR count). The first-order chi connectivity index (χ1) is 13.7. The molecule has 6 heteroatoms. The number of halogens is 1. The minimum atomic E-state index is 0.522. The highest BCUT2D eigenvalue weighted by Gasteiger charge is 2.29. The number of imidazole rings is 1. The van der Waals surface area contributed by atoms with Crippen molar-refractivity contribution in [3.63, 3.8) is 0 Å². The van der Waals surface area contributed by atoms with Gasteiger partial charge in [0.05, 0.1) is 11.4 Å². The Morgan fingerprint density at radius 2 is 2.11 bits per heavy atom. The average molecular weight is 397 g/mol. The van der Waals surface area contributed by atoms with Gasteiger partial charge in [-0.15, -0.1) is 0 Å². The number of likely N-dealkylation sites (tertiary alicyclic amines) is 1. The molecule has 0 N–H and O–H groups in total. The van der Waals surface area contributed by atoms with Crippen LogP contribution in [0.25, 0.3) is 11.5 Å². The third-order valence-corrected chi connectivity index (χ3v) is 6.20. The Bertz CT molecular complexity index is 992. The molecule has 0 bridgehead atoms. The minimum absolute atomic E-state index is 0.522. The summed E-state index contributed by atoms with van der Waals surface area (Å²) in [7, 11) is 0. The van der Waals surface area contributed by atoms with Crippen molar-refractivity contribution in [3.8, 4) is 11.5 Å². The van der Waals surface area contributed by atoms with E-state index in [1.807, 2.05) is 24.3 Å². The number of hydrogen-bond acceptors (Lipinski definition) is 4. The molecule has 0 unspecified atom stereocenters. The molecule has 1 fully saturated rings. The SMILES string of the molecule is Cc1nc2c(n1[C@@H]1CCN(Cc3coc(-c4cccc(Cl)c4)n3)C1)CCCC2. The van der Waals surface area contributed by atoms with Gasteiger partial charge in [-0.2, -0.15) is 0 Å². The molecule has 0 amide bonds. The first-order valence-corrected chi connectivity index (χ1v) is 10.5. The zero-order valence-electron chi connectivity index (χ0n) is 16.2. The number of rotatable bonds is 4. The predicted molar refractivity (Wildman–Crippen MR) is 109 cm³/mol. The van der Waals surface area contributed by atoms with Crippen LogP contribution in [0.1, 0.15) is 48.2 Å². The molecule has 3 heterocycles. The molecule has 1 aliphatic heterocycles. The Labute approximate surface area is 170 Å². The van der Waals surface area contributed by atoms with E-state index in [2.05, 4.69) is 21.4 Å². The van der Waals surface area contributed by atoms with Crippen LogP contribution in [0.15, 0.2) is 34.9 Å². The van der Waals surface area contributed by atoms with Gasteiger partial charge in [0, 0.05) is 42.0 Å². The lowest BCUT2D eigenvalue weighted by Gasteiger charge is -2.21. The Kier molecular flexibility index (Phi) is 4.73. The first-order valence-electron chi connectivity index (χ1n) is 10.2. The fraction of sp³-hybridized carbons (Fsp3) is 0.455. The molecular weight excluding hydrogens is 372 g/mol. The van der Waals surface area contributed by atoms with Gasteiger partial charge in [0.1, 0.15) is 12.1 Å². The van der Waals surface area contributed by atoms with Crippen LogP contribution in [0.2, 0.25) is 5.02 Å². The van der Waals surface area contributed by atoms with Crippen molar-refractivity contribution in [1.82, 2.24) is 19.4 Å². The van der Waals surface area contributed by atoms with Gasteiger partial charge in [-0.1, -0.05) is 17.7 Å². The number of benzene rings is 1. The second-order valence-corrected chi connectivity index (χ2v) is 8.40. The molecule has 1 atom stereocenters. The lowest BCUT2D eigenvalue weighted by atomic mass is 10.0. The van der Waals surface area contributed by atoms with Crippen molar-refractivity contribution in [2.45, 2.75) is 51.6 Å². The summed E-state index contributed by atoms with van der Waals surface area (Å²) in [6.07, 6.45) is 7.83. The van der Waals surface area contributed by atoms with E-state index in [9.17, 15) is 0 Å². The lowest BCUT2D eigenvalue weighted by molar-refractivity contribution is 0.310. The second kappa shape index (κ2) is 7.37. The molecule has 28 heavy (non-hydrogen) atoms. The molecule has 2 aromatic heterocycles. The van der Waals surface area contributed by atoms with Crippen molar-refractivity contribution >= 4 is 11.6 Å². The summed E-state index contributed by atoms with van der Waals surface area (Å²) in [6, 6.07) is 8.15. The molecule has 1 saturated heterocycles. The molecular formula is C22H25ClN4O. The summed E-state index contributed by atoms with van der Waals surface area (Å²) < 4.78 is 8.22. The van der Waals surface area contributed by atoms with Crippen molar-refractivity contribution in [3.05, 3.63) is 58.5 Å². The van der Waals surface area contributed by atoms with Crippen molar-refractivity contribution < 1.29 is 4.42 Å². The van der Waals surface area contributed by atoms with Gasteiger partial charge in [0.2, 0.25) is 5.89 Å². The standard InChI is InChI=1S/C22H25ClN4O/c1-15-24-20-7-2-3-8-21(20)27(15)19-9-10-26(13-19)12-18-14-28-22(25-18)16-5-4-6-17(23)11-16/h4-6,11,14,19H,2-3,7-10,12-13H2,1H3/t19-/m1/s1. The van der Waals surface area contributed by atoms with Gasteiger partial charge >= 0.3 is 0 Å². The van der Waals surface area contributed by atoms with Crippen LogP contribution in [0.5, 0.6) is 0 Å². The summed E-state index contributed by atoms with van der Waals surface area (Å²) >= 11 is 6.08. The van der Waals surface area contributed by atoms with E-state index in [-0.39, 0.29) is 0 Å². The van der Waals surface area contributed by atoms with Crippen LogP contribution in [-0.2, 0) is 19.4 Å². The van der Waals surface area contributed by atoms with E-state index in [4.69, 9.17) is 21.0 Å². The van der Waals surface area contributed by atoms with Crippen LogP contribution in [0.4, 0.5) is 0 Å². The Balaban J connectivity index is 1.28. The first kappa shape index (κ1) is 18.0. The van der Waals surface area contributed by atoms with Crippen LogP contribution >= 0.6 is 11.6 Å². The third-order valence-electron chi connectivity index (χ3n) is 5.97. The third kappa shape index (κ3) is 3.38. The van der Waals surface area contributed by atoms with E-state index in [1.165, 1.54) is 42.9 Å². The molecule has 5 nitrogen and oxygen atoms in total. The smallest absolute Gasteiger partial charge is 0.226 e. The highest BCUT2D eigenvalue weighted by atomic mass is 35.5.